The van der Waals surface area contributed by atoms with E-state index in [-0.39, 0.29) is 13.8 Å². The summed E-state index contributed by atoms with van der Waals surface area (Å²) in [6.45, 7) is 9.42. The Bertz CT molecular complexity index is 197. The molecular formula is C12H25NO4. The highest BCUT2D eigenvalue weighted by atomic mass is 16.5. The molecule has 0 aromatic heterocycles. The van der Waals surface area contributed by atoms with Crippen LogP contribution in [-0.2, 0) is 14.3 Å². The molecular weight excluding hydrogens is 222 g/mol. The minimum absolute atomic E-state index is 0. The van der Waals surface area contributed by atoms with Gasteiger partial charge in [0.1, 0.15) is 5.78 Å². The molecule has 0 radical (unpaired) electrons. The van der Waals surface area contributed by atoms with E-state index in [4.69, 9.17) is 4.74 Å². The van der Waals surface area contributed by atoms with Gasteiger partial charge in [-0.05, 0) is 26.2 Å². The highest BCUT2D eigenvalue weighted by Crippen LogP contribution is 2.02. The van der Waals surface area contributed by atoms with Crippen LogP contribution in [-0.4, -0.2) is 38.7 Å². The predicted octanol–water partition coefficient (Wildman–Crippen LogP) is 2.17. The van der Waals surface area contributed by atoms with Crippen molar-refractivity contribution >= 4 is 11.9 Å². The fraction of sp³-hybridized carbons (Fsp3) is 0.667. The molecule has 1 aliphatic heterocycles. The van der Waals surface area contributed by atoms with Crippen LogP contribution < -0.4 is 5.32 Å². The topological polar surface area (TPSA) is 64.6 Å². The molecule has 0 atom stereocenters. The number of hydrogen-bond donors (Lipinski definition) is 1. The van der Waals surface area contributed by atoms with Crippen molar-refractivity contribution in [2.45, 2.75) is 26.2 Å². The minimum atomic E-state index is -0.579. The fourth-order valence-corrected chi connectivity index (χ4v) is 0.956. The van der Waals surface area contributed by atoms with Crippen molar-refractivity contribution in [2.24, 2.45) is 0 Å². The fourth-order valence-electron chi connectivity index (χ4n) is 0.956. The number of carbonyl (C=O) groups is 2. The SMILES string of the molecule is C1CCOCC1.C=C.COC(=O)NCC(C)=O.[HH]. The zero-order valence-electron chi connectivity index (χ0n) is 10.8. The molecule has 102 valence electrons. The normalized spacial score (nSPS) is 13.1. The Labute approximate surface area is 105 Å². The van der Waals surface area contributed by atoms with Crippen molar-refractivity contribution in [1.82, 2.24) is 5.32 Å². The van der Waals surface area contributed by atoms with E-state index in [1.807, 2.05) is 0 Å². The molecule has 0 aromatic rings. The van der Waals surface area contributed by atoms with Crippen LogP contribution in [0.4, 0.5) is 4.79 Å². The lowest BCUT2D eigenvalue weighted by Crippen LogP contribution is -2.27. The molecule has 0 saturated carbocycles. The first kappa shape index (κ1) is 18.0. The highest BCUT2D eigenvalue weighted by Gasteiger charge is 1.97. The van der Waals surface area contributed by atoms with Crippen LogP contribution in [0.1, 0.15) is 27.6 Å². The quantitative estimate of drug-likeness (QED) is 0.759. The maximum absolute atomic E-state index is 10.2. The minimum Gasteiger partial charge on any atom is -0.453 e. The summed E-state index contributed by atoms with van der Waals surface area (Å²) >= 11 is 0. The maximum Gasteiger partial charge on any atom is 0.407 e. The van der Waals surface area contributed by atoms with Gasteiger partial charge in [-0.3, -0.25) is 4.79 Å². The number of rotatable bonds is 2. The molecule has 1 N–H and O–H groups in total. The first-order valence-corrected chi connectivity index (χ1v) is 5.56. The lowest BCUT2D eigenvalue weighted by Gasteiger charge is -2.08. The van der Waals surface area contributed by atoms with Crippen molar-refractivity contribution in [2.75, 3.05) is 26.9 Å². The van der Waals surface area contributed by atoms with Crippen molar-refractivity contribution in [3.8, 4) is 0 Å². The van der Waals surface area contributed by atoms with Gasteiger partial charge < -0.3 is 14.8 Å². The Morgan fingerprint density at radius 1 is 1.29 bits per heavy atom. The Hall–Kier alpha value is -1.36. The molecule has 1 heterocycles. The number of nitrogens with one attached hydrogen (secondary N) is 1. The van der Waals surface area contributed by atoms with E-state index in [1.54, 1.807) is 0 Å². The smallest absolute Gasteiger partial charge is 0.407 e. The molecule has 0 aromatic carbocycles. The van der Waals surface area contributed by atoms with E-state index in [0.29, 0.717) is 0 Å². The third-order valence-corrected chi connectivity index (χ3v) is 1.74. The van der Waals surface area contributed by atoms with Gasteiger partial charge in [0.25, 0.3) is 0 Å². The third-order valence-electron chi connectivity index (χ3n) is 1.74. The van der Waals surface area contributed by atoms with Gasteiger partial charge in [0.2, 0.25) is 0 Å². The summed E-state index contributed by atoms with van der Waals surface area (Å²) < 4.78 is 9.27. The molecule has 1 amide bonds. The largest absolute Gasteiger partial charge is 0.453 e. The Balaban J connectivity index is -0.000000218. The monoisotopic (exact) mass is 247 g/mol. The number of hydrogen-bond acceptors (Lipinski definition) is 4. The second kappa shape index (κ2) is 14.6. The van der Waals surface area contributed by atoms with Gasteiger partial charge in [-0.25, -0.2) is 4.79 Å². The third kappa shape index (κ3) is 17.3. The summed E-state index contributed by atoms with van der Waals surface area (Å²) in [5.41, 5.74) is 0. The maximum atomic E-state index is 10.2. The predicted molar refractivity (Wildman–Crippen MR) is 69.1 cm³/mol. The van der Waals surface area contributed by atoms with Gasteiger partial charge in [0, 0.05) is 14.6 Å². The molecule has 0 bridgehead atoms. The van der Waals surface area contributed by atoms with Crippen molar-refractivity contribution in [1.29, 1.82) is 0 Å². The average Bonchev–Trinajstić information content (AvgIpc) is 2.41. The molecule has 5 heteroatoms. The van der Waals surface area contributed by atoms with Crippen LogP contribution in [0.15, 0.2) is 13.2 Å². The Morgan fingerprint density at radius 2 is 1.82 bits per heavy atom. The van der Waals surface area contributed by atoms with Gasteiger partial charge in [0.05, 0.1) is 13.7 Å². The number of ketones is 1. The summed E-state index contributed by atoms with van der Waals surface area (Å²) in [4.78, 5) is 20.4. The van der Waals surface area contributed by atoms with Gasteiger partial charge in [-0.2, -0.15) is 0 Å². The second-order valence-electron chi connectivity index (χ2n) is 3.22. The summed E-state index contributed by atoms with van der Waals surface area (Å²) in [6.07, 6.45) is 3.35. The zero-order chi connectivity index (χ0) is 13.5. The summed E-state index contributed by atoms with van der Waals surface area (Å²) in [5.74, 6) is -0.0969. The molecule has 0 unspecified atom stereocenters. The number of Topliss-reactive ketones (excluding diaryl/α,β-unsaturated/α-hetero) is 1. The molecule has 1 aliphatic rings. The van der Waals surface area contributed by atoms with E-state index in [0.717, 1.165) is 13.2 Å². The van der Waals surface area contributed by atoms with Gasteiger partial charge in [-0.15, -0.1) is 13.2 Å². The van der Waals surface area contributed by atoms with E-state index in [9.17, 15) is 9.59 Å². The Kier molecular flexibility index (Phi) is 15.5. The summed E-state index contributed by atoms with van der Waals surface area (Å²) in [7, 11) is 1.25. The average molecular weight is 247 g/mol. The van der Waals surface area contributed by atoms with Crippen molar-refractivity contribution < 1.29 is 20.5 Å². The van der Waals surface area contributed by atoms with Gasteiger partial charge in [-0.1, -0.05) is 0 Å². The van der Waals surface area contributed by atoms with E-state index in [1.165, 1.54) is 33.3 Å². The van der Waals surface area contributed by atoms with Crippen LogP contribution >= 0.6 is 0 Å². The van der Waals surface area contributed by atoms with E-state index in [2.05, 4.69) is 23.2 Å². The molecule has 1 fully saturated rings. The van der Waals surface area contributed by atoms with Crippen molar-refractivity contribution in [3.05, 3.63) is 13.2 Å². The lowest BCUT2D eigenvalue weighted by molar-refractivity contribution is -0.116. The first-order chi connectivity index (χ1) is 8.16. The summed E-state index contributed by atoms with van der Waals surface area (Å²) in [6, 6.07) is 0. The highest BCUT2D eigenvalue weighted by molar-refractivity contribution is 5.81. The second-order valence-corrected chi connectivity index (χ2v) is 3.22. The number of amides is 1. The molecule has 1 rings (SSSR count). The van der Waals surface area contributed by atoms with Gasteiger partial charge in [0.15, 0.2) is 0 Å². The van der Waals surface area contributed by atoms with Crippen LogP contribution in [0.25, 0.3) is 0 Å². The lowest BCUT2D eigenvalue weighted by atomic mass is 10.2. The van der Waals surface area contributed by atoms with E-state index >= 15 is 0 Å². The number of alkyl carbamates (subject to hydrolysis) is 1. The Morgan fingerprint density at radius 3 is 2.06 bits per heavy atom. The van der Waals surface area contributed by atoms with Gasteiger partial charge >= 0.3 is 6.09 Å². The van der Waals surface area contributed by atoms with Crippen molar-refractivity contribution in [3.63, 3.8) is 0 Å². The molecule has 0 spiro atoms. The number of ether oxygens (including phenoxy) is 2. The van der Waals surface area contributed by atoms with Crippen LogP contribution in [0.2, 0.25) is 0 Å². The molecule has 17 heavy (non-hydrogen) atoms. The zero-order valence-corrected chi connectivity index (χ0v) is 10.8. The molecule has 0 aliphatic carbocycles. The summed E-state index contributed by atoms with van der Waals surface area (Å²) in [5, 5.41) is 2.22. The van der Waals surface area contributed by atoms with Crippen LogP contribution in [0.5, 0.6) is 0 Å². The number of methoxy groups -OCH3 is 1. The van der Waals surface area contributed by atoms with Crippen LogP contribution in [0, 0.1) is 0 Å². The molecule has 5 nitrogen and oxygen atoms in total. The number of carbonyl (C=O) groups excluding carboxylic acids is 2. The molecule has 1 saturated heterocycles. The first-order valence-electron chi connectivity index (χ1n) is 5.56. The van der Waals surface area contributed by atoms with E-state index < -0.39 is 6.09 Å². The standard InChI is InChI=1S/C5H9NO3.C5H10O.C2H4.H2/c1-4(7)3-6-5(8)9-2;1-2-4-6-5-3-1;1-2;/h3H2,1-2H3,(H,6,8);1-5H2;1-2H2;1H. The van der Waals surface area contributed by atoms with Crippen LogP contribution in [0.3, 0.4) is 0 Å².